The number of benzene rings is 1. The molecule has 1 aliphatic rings. The van der Waals surface area contributed by atoms with Crippen molar-refractivity contribution < 1.29 is 23.8 Å². The third kappa shape index (κ3) is 4.51. The number of rotatable bonds is 9. The van der Waals surface area contributed by atoms with Crippen LogP contribution in [0.5, 0.6) is 5.75 Å². The first-order valence-corrected chi connectivity index (χ1v) is 8.68. The van der Waals surface area contributed by atoms with Crippen LogP contribution in [0.15, 0.2) is 18.2 Å². The Kier molecular flexibility index (Phi) is 6.42. The molecule has 0 saturated heterocycles. The van der Waals surface area contributed by atoms with E-state index in [0.717, 1.165) is 25.7 Å². The maximum atomic E-state index is 12.6. The summed E-state index contributed by atoms with van der Waals surface area (Å²) in [6, 6.07) is 4.97. The van der Waals surface area contributed by atoms with Gasteiger partial charge in [-0.25, -0.2) is 4.79 Å². The van der Waals surface area contributed by atoms with Crippen molar-refractivity contribution in [3.63, 3.8) is 0 Å². The van der Waals surface area contributed by atoms with Crippen molar-refractivity contribution in [3.8, 4) is 5.75 Å². The van der Waals surface area contributed by atoms with Crippen LogP contribution in [-0.4, -0.2) is 38.3 Å². The molecule has 1 amide bonds. The van der Waals surface area contributed by atoms with Crippen LogP contribution in [0.4, 0.5) is 5.69 Å². The first-order chi connectivity index (χ1) is 12.0. The van der Waals surface area contributed by atoms with Crippen molar-refractivity contribution in [2.24, 2.45) is 5.92 Å². The molecule has 1 aliphatic carbocycles. The van der Waals surface area contributed by atoms with Crippen LogP contribution in [0.3, 0.4) is 0 Å². The molecule has 0 aliphatic heterocycles. The average molecular weight is 349 g/mol. The summed E-state index contributed by atoms with van der Waals surface area (Å²) in [6.07, 6.45) is 3.86. The Labute approximate surface area is 148 Å². The number of unbranched alkanes of at least 4 members (excludes halogenated alkanes) is 1. The van der Waals surface area contributed by atoms with E-state index in [0.29, 0.717) is 23.6 Å². The zero-order chi connectivity index (χ0) is 18.4. The molecule has 1 atom stereocenters. The highest BCUT2D eigenvalue weighted by Gasteiger charge is 2.47. The minimum absolute atomic E-state index is 0.215. The number of nitrogens with one attached hydrogen (secondary N) is 1. The molecule has 138 valence electrons. The standard InChI is InChI=1S/C19H27NO5/c1-5-6-11-25-16-10-9-14(12-15(16)17(21)23-3)20-18(22)19(2,24-4)13-7-8-13/h9-10,12-13H,5-8,11H2,1-4H3,(H,20,22). The highest BCUT2D eigenvalue weighted by atomic mass is 16.5. The fourth-order valence-electron chi connectivity index (χ4n) is 2.66. The van der Waals surface area contributed by atoms with E-state index in [1.165, 1.54) is 7.11 Å². The van der Waals surface area contributed by atoms with E-state index in [4.69, 9.17) is 14.2 Å². The van der Waals surface area contributed by atoms with E-state index in [-0.39, 0.29) is 11.8 Å². The molecule has 0 spiro atoms. The van der Waals surface area contributed by atoms with Crippen LogP contribution in [0.25, 0.3) is 0 Å². The first-order valence-electron chi connectivity index (χ1n) is 8.68. The van der Waals surface area contributed by atoms with Gasteiger partial charge in [-0.3, -0.25) is 4.79 Å². The van der Waals surface area contributed by atoms with Gasteiger partial charge in [-0.05, 0) is 50.3 Å². The lowest BCUT2D eigenvalue weighted by atomic mass is 9.99. The molecule has 25 heavy (non-hydrogen) atoms. The van der Waals surface area contributed by atoms with E-state index < -0.39 is 11.6 Å². The second-order valence-corrected chi connectivity index (χ2v) is 6.44. The molecule has 2 rings (SSSR count). The fourth-order valence-corrected chi connectivity index (χ4v) is 2.66. The van der Waals surface area contributed by atoms with E-state index in [1.54, 1.807) is 32.2 Å². The van der Waals surface area contributed by atoms with Crippen molar-refractivity contribution in [1.29, 1.82) is 0 Å². The average Bonchev–Trinajstić information content (AvgIpc) is 3.47. The van der Waals surface area contributed by atoms with Gasteiger partial charge in [0.25, 0.3) is 5.91 Å². The zero-order valence-electron chi connectivity index (χ0n) is 15.4. The van der Waals surface area contributed by atoms with E-state index in [1.807, 2.05) is 0 Å². The van der Waals surface area contributed by atoms with Crippen LogP contribution in [-0.2, 0) is 14.3 Å². The minimum atomic E-state index is -0.859. The SMILES string of the molecule is CCCCOc1ccc(NC(=O)C(C)(OC)C2CC2)cc1C(=O)OC. The highest BCUT2D eigenvalue weighted by Crippen LogP contribution is 2.42. The molecular formula is C19H27NO5. The number of carbonyl (C=O) groups is 2. The van der Waals surface area contributed by atoms with Gasteiger partial charge in [0.05, 0.1) is 13.7 Å². The molecule has 6 nitrogen and oxygen atoms in total. The molecule has 1 aromatic rings. The number of hydrogen-bond acceptors (Lipinski definition) is 5. The van der Waals surface area contributed by atoms with Crippen LogP contribution in [0.1, 0.15) is 49.9 Å². The van der Waals surface area contributed by atoms with E-state index in [9.17, 15) is 9.59 Å². The van der Waals surface area contributed by atoms with Gasteiger partial charge in [-0.1, -0.05) is 13.3 Å². The van der Waals surface area contributed by atoms with Crippen LogP contribution in [0, 0.1) is 5.92 Å². The van der Waals surface area contributed by atoms with Crippen LogP contribution >= 0.6 is 0 Å². The van der Waals surface area contributed by atoms with Crippen molar-refractivity contribution in [2.45, 2.75) is 45.1 Å². The third-order valence-electron chi connectivity index (χ3n) is 4.63. The Morgan fingerprint density at radius 2 is 2.00 bits per heavy atom. The number of anilines is 1. The number of esters is 1. The molecule has 1 aromatic carbocycles. The Bertz CT molecular complexity index is 626. The van der Waals surface area contributed by atoms with E-state index in [2.05, 4.69) is 12.2 Å². The number of hydrogen-bond donors (Lipinski definition) is 1. The summed E-state index contributed by atoms with van der Waals surface area (Å²) in [4.78, 5) is 24.6. The molecule has 0 aromatic heterocycles. The summed E-state index contributed by atoms with van der Waals surface area (Å²) < 4.78 is 15.9. The maximum Gasteiger partial charge on any atom is 0.341 e. The van der Waals surface area contributed by atoms with Gasteiger partial charge < -0.3 is 19.5 Å². The summed E-state index contributed by atoms with van der Waals surface area (Å²) in [6.45, 7) is 4.38. The minimum Gasteiger partial charge on any atom is -0.493 e. The van der Waals surface area contributed by atoms with Gasteiger partial charge >= 0.3 is 5.97 Å². The Balaban J connectivity index is 2.18. The maximum absolute atomic E-state index is 12.6. The fraction of sp³-hybridized carbons (Fsp3) is 0.579. The summed E-state index contributed by atoms with van der Waals surface area (Å²) in [5, 5.41) is 2.84. The zero-order valence-corrected chi connectivity index (χ0v) is 15.4. The number of ether oxygens (including phenoxy) is 3. The smallest absolute Gasteiger partial charge is 0.341 e. The first kappa shape index (κ1) is 19.2. The Morgan fingerprint density at radius 3 is 2.56 bits per heavy atom. The van der Waals surface area contributed by atoms with E-state index >= 15 is 0 Å². The second kappa shape index (κ2) is 8.34. The predicted octanol–water partition coefficient (Wildman–Crippen LogP) is 3.41. The summed E-state index contributed by atoms with van der Waals surface area (Å²) in [7, 11) is 2.86. The lowest BCUT2D eigenvalue weighted by Crippen LogP contribution is -2.44. The molecule has 0 radical (unpaired) electrons. The molecule has 1 N–H and O–H groups in total. The van der Waals surface area contributed by atoms with Crippen molar-refractivity contribution >= 4 is 17.6 Å². The second-order valence-electron chi connectivity index (χ2n) is 6.44. The number of methoxy groups -OCH3 is 2. The summed E-state index contributed by atoms with van der Waals surface area (Å²) in [5.74, 6) is -0.0310. The highest BCUT2D eigenvalue weighted by molar-refractivity contribution is 5.99. The molecule has 0 heterocycles. The molecule has 1 saturated carbocycles. The van der Waals surface area contributed by atoms with Gasteiger partial charge in [-0.15, -0.1) is 0 Å². The van der Waals surface area contributed by atoms with Crippen molar-refractivity contribution in [3.05, 3.63) is 23.8 Å². The lowest BCUT2D eigenvalue weighted by Gasteiger charge is -2.26. The molecular weight excluding hydrogens is 322 g/mol. The van der Waals surface area contributed by atoms with Gasteiger partial charge in [0, 0.05) is 12.8 Å². The van der Waals surface area contributed by atoms with Gasteiger partial charge in [0.2, 0.25) is 0 Å². The van der Waals surface area contributed by atoms with Gasteiger partial charge in [0.15, 0.2) is 0 Å². The monoisotopic (exact) mass is 349 g/mol. The van der Waals surface area contributed by atoms with Crippen LogP contribution in [0.2, 0.25) is 0 Å². The van der Waals surface area contributed by atoms with Crippen molar-refractivity contribution in [2.75, 3.05) is 26.1 Å². The quantitative estimate of drug-likeness (QED) is 0.546. The normalized spacial score (nSPS) is 16.0. The van der Waals surface area contributed by atoms with Gasteiger partial charge in [-0.2, -0.15) is 0 Å². The molecule has 6 heteroatoms. The molecule has 0 bridgehead atoms. The summed E-state index contributed by atoms with van der Waals surface area (Å²) in [5.41, 5.74) is -0.0547. The van der Waals surface area contributed by atoms with Crippen LogP contribution < -0.4 is 10.1 Å². The summed E-state index contributed by atoms with van der Waals surface area (Å²) >= 11 is 0. The number of carbonyl (C=O) groups excluding carboxylic acids is 2. The molecule has 1 fully saturated rings. The Hall–Kier alpha value is -2.08. The van der Waals surface area contributed by atoms with Gasteiger partial charge in [0.1, 0.15) is 16.9 Å². The molecule has 1 unspecified atom stereocenters. The predicted molar refractivity (Wildman–Crippen MR) is 95.0 cm³/mol. The number of amides is 1. The lowest BCUT2D eigenvalue weighted by molar-refractivity contribution is -0.138. The largest absolute Gasteiger partial charge is 0.493 e. The Morgan fingerprint density at radius 1 is 1.28 bits per heavy atom. The third-order valence-corrected chi connectivity index (χ3v) is 4.63. The van der Waals surface area contributed by atoms with Crippen molar-refractivity contribution in [1.82, 2.24) is 0 Å². The topological polar surface area (TPSA) is 73.9 Å².